The van der Waals surface area contributed by atoms with E-state index in [-0.39, 0.29) is 18.9 Å². The van der Waals surface area contributed by atoms with Crippen molar-refractivity contribution < 1.29 is 20.1 Å². The van der Waals surface area contributed by atoms with Gasteiger partial charge in [-0.05, 0) is 57.8 Å². The van der Waals surface area contributed by atoms with Crippen molar-refractivity contribution in [2.75, 3.05) is 6.61 Å². The summed E-state index contributed by atoms with van der Waals surface area (Å²) in [6.45, 7) is 4.11. The second-order valence-electron chi connectivity index (χ2n) is 13.2. The fourth-order valence-electron chi connectivity index (χ4n) is 5.55. The van der Waals surface area contributed by atoms with Gasteiger partial charge in [-0.3, -0.25) is 4.79 Å². The van der Waals surface area contributed by atoms with Crippen LogP contribution in [0.3, 0.4) is 0 Å². The van der Waals surface area contributed by atoms with Gasteiger partial charge >= 0.3 is 0 Å². The van der Waals surface area contributed by atoms with Crippen molar-refractivity contribution in [3.63, 3.8) is 0 Å². The Kier molecular flexibility index (Phi) is 34.8. The van der Waals surface area contributed by atoms with Crippen LogP contribution in [-0.4, -0.2) is 46.1 Å². The molecule has 0 rings (SSSR count). The highest BCUT2D eigenvalue weighted by Gasteiger charge is 2.19. The van der Waals surface area contributed by atoms with Crippen molar-refractivity contribution in [1.29, 1.82) is 0 Å². The second-order valence-corrected chi connectivity index (χ2v) is 13.2. The number of rotatable bonds is 34. The summed E-state index contributed by atoms with van der Waals surface area (Å²) in [4.78, 5) is 12.3. The van der Waals surface area contributed by atoms with Crippen LogP contribution in [-0.2, 0) is 4.79 Å². The molecule has 0 radical (unpaired) electrons. The average molecular weight is 646 g/mol. The molecule has 0 fully saturated rings. The standard InChI is InChI=1S/C41H75NO4/c1-3-5-7-9-11-12-13-14-15-16-17-18-19-20-21-22-23-24-25-26-27-29-31-33-35-40(45)39(37-43)42-41(46)36-38(44)34-32-30-28-10-8-6-4-2/h22-23,26-27,30,32-33,35,38-40,43-45H,3-21,24-25,28-29,31,34,36-37H2,1-2H3,(H,42,46)/b23-22+,27-26+,32-30-,35-33+. The minimum absolute atomic E-state index is 0.0490. The van der Waals surface area contributed by atoms with Crippen LogP contribution >= 0.6 is 0 Å². The maximum Gasteiger partial charge on any atom is 0.223 e. The van der Waals surface area contributed by atoms with E-state index in [1.807, 2.05) is 12.2 Å². The molecule has 0 aliphatic heterocycles. The van der Waals surface area contributed by atoms with Crippen molar-refractivity contribution in [3.05, 3.63) is 48.6 Å². The molecule has 0 aromatic heterocycles. The van der Waals surface area contributed by atoms with Gasteiger partial charge in [-0.25, -0.2) is 0 Å². The van der Waals surface area contributed by atoms with Gasteiger partial charge in [0.05, 0.1) is 31.3 Å². The fourth-order valence-corrected chi connectivity index (χ4v) is 5.55. The lowest BCUT2D eigenvalue weighted by molar-refractivity contribution is -0.124. The molecule has 5 heteroatoms. The highest BCUT2D eigenvalue weighted by atomic mass is 16.3. The van der Waals surface area contributed by atoms with Crippen LogP contribution in [0.4, 0.5) is 0 Å². The molecule has 5 nitrogen and oxygen atoms in total. The highest BCUT2D eigenvalue weighted by molar-refractivity contribution is 5.76. The van der Waals surface area contributed by atoms with Crippen LogP contribution in [0.1, 0.15) is 181 Å². The number of aliphatic hydroxyl groups excluding tert-OH is 3. The first-order chi connectivity index (χ1) is 22.5. The zero-order valence-electron chi connectivity index (χ0n) is 30.2. The summed E-state index contributed by atoms with van der Waals surface area (Å²) in [5.41, 5.74) is 0. The predicted molar refractivity (Wildman–Crippen MR) is 199 cm³/mol. The van der Waals surface area contributed by atoms with Gasteiger partial charge in [0.15, 0.2) is 0 Å². The molecule has 0 aliphatic carbocycles. The molecule has 1 amide bonds. The normalized spacial score (nSPS) is 14.3. The largest absolute Gasteiger partial charge is 0.394 e. The van der Waals surface area contributed by atoms with E-state index in [0.29, 0.717) is 6.42 Å². The Morgan fingerprint density at radius 1 is 0.543 bits per heavy atom. The third-order valence-electron chi connectivity index (χ3n) is 8.57. The molecule has 0 heterocycles. The summed E-state index contributed by atoms with van der Waals surface area (Å²) in [7, 11) is 0. The third-order valence-corrected chi connectivity index (χ3v) is 8.57. The summed E-state index contributed by atoms with van der Waals surface area (Å²) in [6, 6.07) is -0.781. The smallest absolute Gasteiger partial charge is 0.223 e. The topological polar surface area (TPSA) is 89.8 Å². The molecular formula is C41H75NO4. The van der Waals surface area contributed by atoms with E-state index in [9.17, 15) is 20.1 Å². The Bertz CT molecular complexity index is 760. The van der Waals surface area contributed by atoms with E-state index in [1.165, 1.54) is 116 Å². The number of carbonyl (C=O) groups excluding carboxylic acids is 1. The second kappa shape index (κ2) is 36.2. The number of amides is 1. The maximum atomic E-state index is 12.3. The molecule has 0 spiro atoms. The molecular weight excluding hydrogens is 570 g/mol. The molecule has 0 aliphatic rings. The molecule has 46 heavy (non-hydrogen) atoms. The fraction of sp³-hybridized carbons (Fsp3) is 0.780. The Labute approximate surface area is 285 Å². The van der Waals surface area contributed by atoms with E-state index in [1.54, 1.807) is 6.08 Å². The molecule has 0 aromatic rings. The number of hydrogen-bond acceptors (Lipinski definition) is 4. The molecule has 0 bridgehead atoms. The Morgan fingerprint density at radius 2 is 0.935 bits per heavy atom. The maximum absolute atomic E-state index is 12.3. The first-order valence-corrected chi connectivity index (χ1v) is 19.4. The Balaban J connectivity index is 3.74. The minimum atomic E-state index is -0.969. The van der Waals surface area contributed by atoms with E-state index >= 15 is 0 Å². The van der Waals surface area contributed by atoms with Gasteiger partial charge in [0.25, 0.3) is 0 Å². The zero-order chi connectivity index (χ0) is 33.8. The van der Waals surface area contributed by atoms with Crippen molar-refractivity contribution in [2.45, 2.75) is 199 Å². The SMILES string of the molecule is CCCCCC/C=C\CC(O)CC(=O)NC(CO)C(O)/C=C/CC/C=C/CC/C=C/CCCCCCCCCCCCCCCC. The van der Waals surface area contributed by atoms with Crippen molar-refractivity contribution >= 4 is 5.91 Å². The predicted octanol–water partition coefficient (Wildman–Crippen LogP) is 10.6. The number of unbranched alkanes of at least 4 members (excludes halogenated alkanes) is 20. The molecule has 0 saturated heterocycles. The van der Waals surface area contributed by atoms with E-state index in [0.717, 1.165) is 38.5 Å². The molecule has 4 N–H and O–H groups in total. The number of carbonyl (C=O) groups is 1. The lowest BCUT2D eigenvalue weighted by Crippen LogP contribution is -2.45. The summed E-state index contributed by atoms with van der Waals surface area (Å²) in [6.07, 6.45) is 45.7. The summed E-state index contributed by atoms with van der Waals surface area (Å²) in [5, 5.41) is 32.8. The number of allylic oxidation sites excluding steroid dienone is 6. The quantitative estimate of drug-likeness (QED) is 0.0414. The molecule has 3 atom stereocenters. The van der Waals surface area contributed by atoms with Crippen molar-refractivity contribution in [2.24, 2.45) is 0 Å². The average Bonchev–Trinajstić information content (AvgIpc) is 3.05. The van der Waals surface area contributed by atoms with Gasteiger partial charge < -0.3 is 20.6 Å². The molecule has 268 valence electrons. The molecule has 0 aromatic carbocycles. The van der Waals surface area contributed by atoms with Gasteiger partial charge in [-0.1, -0.05) is 165 Å². The van der Waals surface area contributed by atoms with Gasteiger partial charge in [-0.2, -0.15) is 0 Å². The Morgan fingerprint density at radius 3 is 1.41 bits per heavy atom. The summed E-state index contributed by atoms with van der Waals surface area (Å²) >= 11 is 0. The highest BCUT2D eigenvalue weighted by Crippen LogP contribution is 2.14. The van der Waals surface area contributed by atoms with Crippen molar-refractivity contribution in [3.8, 4) is 0 Å². The number of nitrogens with one attached hydrogen (secondary N) is 1. The zero-order valence-corrected chi connectivity index (χ0v) is 30.2. The first kappa shape index (κ1) is 44.3. The van der Waals surface area contributed by atoms with Gasteiger partial charge in [0, 0.05) is 0 Å². The number of aliphatic hydroxyl groups is 3. The van der Waals surface area contributed by atoms with E-state index in [4.69, 9.17) is 0 Å². The van der Waals surface area contributed by atoms with Crippen LogP contribution in [0.25, 0.3) is 0 Å². The lowest BCUT2D eigenvalue weighted by atomic mass is 10.0. The monoisotopic (exact) mass is 646 g/mol. The van der Waals surface area contributed by atoms with Crippen LogP contribution in [0.15, 0.2) is 48.6 Å². The van der Waals surface area contributed by atoms with Crippen LogP contribution in [0, 0.1) is 0 Å². The van der Waals surface area contributed by atoms with Crippen LogP contribution in [0.2, 0.25) is 0 Å². The first-order valence-electron chi connectivity index (χ1n) is 19.4. The van der Waals surface area contributed by atoms with Crippen LogP contribution < -0.4 is 5.32 Å². The van der Waals surface area contributed by atoms with E-state index in [2.05, 4.69) is 49.5 Å². The van der Waals surface area contributed by atoms with Gasteiger partial charge in [0.2, 0.25) is 5.91 Å². The third kappa shape index (κ3) is 32.3. The van der Waals surface area contributed by atoms with Crippen molar-refractivity contribution in [1.82, 2.24) is 5.32 Å². The lowest BCUT2D eigenvalue weighted by Gasteiger charge is -2.20. The minimum Gasteiger partial charge on any atom is -0.394 e. The Hall–Kier alpha value is -1.69. The molecule has 3 unspecified atom stereocenters. The van der Waals surface area contributed by atoms with Gasteiger partial charge in [0.1, 0.15) is 0 Å². The van der Waals surface area contributed by atoms with Crippen LogP contribution in [0.5, 0.6) is 0 Å². The van der Waals surface area contributed by atoms with Gasteiger partial charge in [-0.15, -0.1) is 0 Å². The summed E-state index contributed by atoms with van der Waals surface area (Å²) in [5.74, 6) is -0.369. The van der Waals surface area contributed by atoms with E-state index < -0.39 is 18.2 Å². The summed E-state index contributed by atoms with van der Waals surface area (Å²) < 4.78 is 0. The molecule has 0 saturated carbocycles. The number of hydrogen-bond donors (Lipinski definition) is 4.